The van der Waals surface area contributed by atoms with Crippen LogP contribution in [-0.4, -0.2) is 52.4 Å². The molecule has 1 aliphatic rings. The Kier molecular flexibility index (Phi) is 5.99. The van der Waals surface area contributed by atoms with E-state index in [0.29, 0.717) is 5.56 Å². The van der Waals surface area contributed by atoms with E-state index in [1.165, 1.54) is 42.6 Å². The van der Waals surface area contributed by atoms with Crippen molar-refractivity contribution in [2.24, 2.45) is 0 Å². The minimum atomic E-state index is -4.85. The fraction of sp³-hybridized carbons (Fsp3) is 0.286. The number of nitrogens with zero attached hydrogens (tertiary/aromatic N) is 3. The maximum absolute atomic E-state index is 13.8. The van der Waals surface area contributed by atoms with Crippen LogP contribution in [-0.2, 0) is 10.9 Å². The van der Waals surface area contributed by atoms with E-state index in [2.05, 4.69) is 20.9 Å². The van der Waals surface area contributed by atoms with Gasteiger partial charge in [-0.05, 0) is 45.8 Å². The van der Waals surface area contributed by atoms with Crippen LogP contribution >= 0.6 is 15.9 Å². The molecule has 0 spiro atoms. The molecule has 33 heavy (non-hydrogen) atoms. The first kappa shape index (κ1) is 23.3. The summed E-state index contributed by atoms with van der Waals surface area (Å²) in [6, 6.07) is 8.63. The second-order valence-electron chi connectivity index (χ2n) is 7.41. The number of ether oxygens (including phenoxy) is 1. The molecule has 0 N–H and O–H groups in total. The highest BCUT2D eigenvalue weighted by Gasteiger charge is 2.38. The van der Waals surface area contributed by atoms with E-state index in [4.69, 9.17) is 4.74 Å². The number of carbonyl (C=O) groups is 1. The number of alkyl halides is 5. The van der Waals surface area contributed by atoms with E-state index >= 15 is 0 Å². The third-order valence-corrected chi connectivity index (χ3v) is 5.75. The first-order valence-electron chi connectivity index (χ1n) is 9.61. The van der Waals surface area contributed by atoms with E-state index in [-0.39, 0.29) is 29.9 Å². The number of halogens is 6. The number of amides is 1. The summed E-state index contributed by atoms with van der Waals surface area (Å²) in [5.74, 6) is -3.79. The van der Waals surface area contributed by atoms with Gasteiger partial charge in [0.25, 0.3) is 17.4 Å². The lowest BCUT2D eigenvalue weighted by Crippen LogP contribution is -2.41. The van der Waals surface area contributed by atoms with Gasteiger partial charge < -0.3 is 9.64 Å². The molecule has 6 nitrogen and oxygen atoms in total. The van der Waals surface area contributed by atoms with Gasteiger partial charge in [0, 0.05) is 23.9 Å². The van der Waals surface area contributed by atoms with Gasteiger partial charge in [-0.1, -0.05) is 12.1 Å². The molecule has 0 aliphatic carbocycles. The lowest BCUT2D eigenvalue weighted by Gasteiger charge is -2.23. The van der Waals surface area contributed by atoms with Gasteiger partial charge in [-0.2, -0.15) is 13.2 Å². The standard InChI is InChI=1S/C21H15BrF5N3O3/c22-15-16(21(25,26)27)28-17-14(2-1-7-30(17)19(15)32)12-3-5-13(6-4-12)18(31)29-8-9-33-11-20(23,24)10-29/h1-7H,8-11H2. The predicted molar refractivity (Wildman–Crippen MR) is 111 cm³/mol. The molecule has 0 atom stereocenters. The summed E-state index contributed by atoms with van der Waals surface area (Å²) < 4.78 is 72.7. The van der Waals surface area contributed by atoms with Crippen LogP contribution in [0, 0.1) is 0 Å². The predicted octanol–water partition coefficient (Wildman–Crippen LogP) is 4.25. The highest BCUT2D eigenvalue weighted by molar-refractivity contribution is 9.10. The summed E-state index contributed by atoms with van der Waals surface area (Å²) in [5, 5.41) is 0. The molecule has 3 aromatic rings. The molecule has 4 rings (SSSR count). The maximum atomic E-state index is 13.8. The Balaban J connectivity index is 1.72. The molecule has 1 aliphatic heterocycles. The topological polar surface area (TPSA) is 63.9 Å². The fourth-order valence-electron chi connectivity index (χ4n) is 3.50. The second kappa shape index (κ2) is 8.49. The molecule has 0 saturated carbocycles. The van der Waals surface area contributed by atoms with E-state index in [9.17, 15) is 31.5 Å². The zero-order chi connectivity index (χ0) is 24.0. The number of aromatic nitrogens is 2. The number of rotatable bonds is 2. The van der Waals surface area contributed by atoms with Crippen molar-refractivity contribution in [3.8, 4) is 11.1 Å². The Labute approximate surface area is 191 Å². The SMILES string of the molecule is O=C(c1ccc(-c2cccn3c(=O)c(Br)c(C(F)(F)F)nc23)cc1)N1CCOCC(F)(F)C1. The minimum Gasteiger partial charge on any atom is -0.373 e. The Bertz CT molecular complexity index is 1280. The molecule has 1 saturated heterocycles. The van der Waals surface area contributed by atoms with Gasteiger partial charge in [0.1, 0.15) is 16.7 Å². The van der Waals surface area contributed by atoms with Crippen molar-refractivity contribution in [2.75, 3.05) is 26.3 Å². The molecule has 1 aromatic carbocycles. The van der Waals surface area contributed by atoms with Crippen LogP contribution in [0.25, 0.3) is 16.8 Å². The van der Waals surface area contributed by atoms with Crippen LogP contribution < -0.4 is 5.56 Å². The zero-order valence-corrected chi connectivity index (χ0v) is 18.3. The number of hydrogen-bond donors (Lipinski definition) is 0. The summed E-state index contributed by atoms with van der Waals surface area (Å²) in [5.41, 5.74) is -1.76. The van der Waals surface area contributed by atoms with Crippen LogP contribution in [0.15, 0.2) is 51.9 Å². The molecular weight excluding hydrogens is 517 g/mol. The molecule has 0 radical (unpaired) electrons. The van der Waals surface area contributed by atoms with Gasteiger partial charge >= 0.3 is 6.18 Å². The monoisotopic (exact) mass is 531 g/mol. The summed E-state index contributed by atoms with van der Waals surface area (Å²) in [4.78, 5) is 29.8. The van der Waals surface area contributed by atoms with Crippen LogP contribution in [0.3, 0.4) is 0 Å². The zero-order valence-electron chi connectivity index (χ0n) is 16.7. The van der Waals surface area contributed by atoms with Gasteiger partial charge in [-0.3, -0.25) is 14.0 Å². The van der Waals surface area contributed by atoms with Crippen molar-refractivity contribution in [2.45, 2.75) is 12.1 Å². The normalized spacial score (nSPS) is 16.6. The van der Waals surface area contributed by atoms with Crippen LogP contribution in [0.2, 0.25) is 0 Å². The smallest absolute Gasteiger partial charge is 0.373 e. The van der Waals surface area contributed by atoms with Gasteiger partial charge in [-0.15, -0.1) is 0 Å². The first-order chi connectivity index (χ1) is 15.5. The van der Waals surface area contributed by atoms with Crippen molar-refractivity contribution in [3.63, 3.8) is 0 Å². The highest BCUT2D eigenvalue weighted by Crippen LogP contribution is 2.33. The van der Waals surface area contributed by atoms with E-state index in [1.54, 1.807) is 0 Å². The minimum absolute atomic E-state index is 0.00142. The lowest BCUT2D eigenvalue weighted by molar-refractivity contribution is -0.141. The average molecular weight is 532 g/mol. The molecule has 0 unspecified atom stereocenters. The number of fused-ring (bicyclic) bond motifs is 1. The van der Waals surface area contributed by atoms with Crippen LogP contribution in [0.1, 0.15) is 16.1 Å². The molecule has 174 valence electrons. The first-order valence-corrected chi connectivity index (χ1v) is 10.4. The number of hydrogen-bond acceptors (Lipinski definition) is 4. The third-order valence-electron chi connectivity index (χ3n) is 5.04. The van der Waals surface area contributed by atoms with Crippen LogP contribution in [0.5, 0.6) is 0 Å². The Hall–Kier alpha value is -2.86. The van der Waals surface area contributed by atoms with Crippen molar-refractivity contribution in [1.82, 2.24) is 14.3 Å². The highest BCUT2D eigenvalue weighted by atomic mass is 79.9. The largest absolute Gasteiger partial charge is 0.434 e. The number of benzene rings is 1. The van der Waals surface area contributed by atoms with E-state index in [0.717, 1.165) is 9.30 Å². The third kappa shape index (κ3) is 4.62. The summed E-state index contributed by atoms with van der Waals surface area (Å²) >= 11 is 2.67. The van der Waals surface area contributed by atoms with Gasteiger partial charge in [0.15, 0.2) is 5.69 Å². The van der Waals surface area contributed by atoms with Crippen molar-refractivity contribution >= 4 is 27.5 Å². The Morgan fingerprint density at radius 3 is 2.52 bits per heavy atom. The Morgan fingerprint density at radius 2 is 1.85 bits per heavy atom. The van der Waals surface area contributed by atoms with Crippen LogP contribution in [0.4, 0.5) is 22.0 Å². The lowest BCUT2D eigenvalue weighted by atomic mass is 10.0. The van der Waals surface area contributed by atoms with Crippen molar-refractivity contribution < 1.29 is 31.5 Å². The fourth-order valence-corrected chi connectivity index (χ4v) is 4.01. The van der Waals surface area contributed by atoms with E-state index in [1.807, 2.05) is 0 Å². The summed E-state index contributed by atoms with van der Waals surface area (Å²) in [6.07, 6.45) is -3.56. The molecule has 3 heterocycles. The molecule has 1 fully saturated rings. The van der Waals surface area contributed by atoms with Gasteiger partial charge in [0.05, 0.1) is 13.2 Å². The molecular formula is C21H15BrF5N3O3. The number of pyridine rings is 1. The second-order valence-corrected chi connectivity index (χ2v) is 8.20. The molecule has 12 heteroatoms. The molecule has 2 aromatic heterocycles. The van der Waals surface area contributed by atoms with E-state index < -0.39 is 46.9 Å². The maximum Gasteiger partial charge on any atom is 0.434 e. The molecule has 0 bridgehead atoms. The number of carbonyl (C=O) groups excluding carboxylic acids is 1. The Morgan fingerprint density at radius 1 is 1.15 bits per heavy atom. The van der Waals surface area contributed by atoms with Crippen molar-refractivity contribution in [3.05, 3.63) is 68.7 Å². The summed E-state index contributed by atoms with van der Waals surface area (Å²) in [6.45, 7) is -1.56. The van der Waals surface area contributed by atoms with Gasteiger partial charge in [0.2, 0.25) is 0 Å². The van der Waals surface area contributed by atoms with Gasteiger partial charge in [-0.25, -0.2) is 13.8 Å². The van der Waals surface area contributed by atoms with Crippen molar-refractivity contribution in [1.29, 1.82) is 0 Å². The molecule has 1 amide bonds. The quantitative estimate of drug-likeness (QED) is 0.464. The summed E-state index contributed by atoms with van der Waals surface area (Å²) in [7, 11) is 0. The average Bonchev–Trinajstić information content (AvgIpc) is 2.95.